The first-order chi connectivity index (χ1) is 9.60. The molecule has 0 bridgehead atoms. The highest BCUT2D eigenvalue weighted by Crippen LogP contribution is 2.17. The first-order valence-electron chi connectivity index (χ1n) is 6.13. The van der Waals surface area contributed by atoms with Crippen LogP contribution in [-0.2, 0) is 18.0 Å². The average molecular weight is 276 g/mol. The largest absolute Gasteiger partial charge is 0.497 e. The van der Waals surface area contributed by atoms with Crippen LogP contribution in [0.1, 0.15) is 27.4 Å². The molecule has 0 unspecified atom stereocenters. The van der Waals surface area contributed by atoms with Gasteiger partial charge in [0.15, 0.2) is 0 Å². The van der Waals surface area contributed by atoms with E-state index in [-0.39, 0.29) is 5.76 Å². The van der Waals surface area contributed by atoms with E-state index in [9.17, 15) is 4.79 Å². The second-order valence-electron chi connectivity index (χ2n) is 4.34. The third-order valence-electron chi connectivity index (χ3n) is 2.92. The number of carboxylic acid groups (broad SMARTS) is 1. The van der Waals surface area contributed by atoms with Crippen molar-refractivity contribution in [3.8, 4) is 5.75 Å². The van der Waals surface area contributed by atoms with Crippen molar-refractivity contribution in [1.29, 1.82) is 0 Å². The number of benzene rings is 1. The molecule has 20 heavy (non-hydrogen) atoms. The highest BCUT2D eigenvalue weighted by molar-refractivity contribution is 5.84. The zero-order chi connectivity index (χ0) is 14.5. The van der Waals surface area contributed by atoms with Crippen LogP contribution < -0.4 is 4.74 Å². The molecule has 0 fully saturated rings. The average Bonchev–Trinajstić information content (AvgIpc) is 2.81. The van der Waals surface area contributed by atoms with Gasteiger partial charge in [0.2, 0.25) is 5.76 Å². The summed E-state index contributed by atoms with van der Waals surface area (Å²) in [4.78, 5) is 10.8. The monoisotopic (exact) mass is 276 g/mol. The second kappa shape index (κ2) is 6.25. The quantitative estimate of drug-likeness (QED) is 0.878. The standard InChI is InChI=1S/C15H16O5/c1-10-12(7-14(20-10)15(16)17)9-19-8-11-3-5-13(18-2)6-4-11/h3-7H,8-9H2,1-2H3,(H,16,17). The Bertz CT molecular complexity index is 583. The van der Waals surface area contributed by atoms with Gasteiger partial charge in [0, 0.05) is 5.56 Å². The van der Waals surface area contributed by atoms with Gasteiger partial charge in [-0.05, 0) is 30.7 Å². The van der Waals surface area contributed by atoms with Gasteiger partial charge in [0.25, 0.3) is 0 Å². The summed E-state index contributed by atoms with van der Waals surface area (Å²) in [6, 6.07) is 9.06. The van der Waals surface area contributed by atoms with E-state index in [1.165, 1.54) is 6.07 Å². The molecule has 0 radical (unpaired) electrons. The number of hydrogen-bond donors (Lipinski definition) is 1. The lowest BCUT2D eigenvalue weighted by Crippen LogP contribution is -1.95. The van der Waals surface area contributed by atoms with Gasteiger partial charge >= 0.3 is 5.97 Å². The SMILES string of the molecule is COc1ccc(COCc2cc(C(=O)O)oc2C)cc1. The van der Waals surface area contributed by atoms with E-state index in [4.69, 9.17) is 19.0 Å². The molecule has 1 heterocycles. The summed E-state index contributed by atoms with van der Waals surface area (Å²) in [7, 11) is 1.62. The molecule has 5 heteroatoms. The van der Waals surface area contributed by atoms with Crippen molar-refractivity contribution < 1.29 is 23.8 Å². The third kappa shape index (κ3) is 3.39. The molecule has 0 saturated heterocycles. The van der Waals surface area contributed by atoms with E-state index in [0.29, 0.717) is 19.0 Å². The molecule has 0 aliphatic heterocycles. The summed E-state index contributed by atoms with van der Waals surface area (Å²) < 4.78 is 15.7. The van der Waals surface area contributed by atoms with Crippen LogP contribution in [0.3, 0.4) is 0 Å². The zero-order valence-electron chi connectivity index (χ0n) is 11.4. The Hall–Kier alpha value is -2.27. The Kier molecular flexibility index (Phi) is 4.42. The van der Waals surface area contributed by atoms with Gasteiger partial charge in [-0.2, -0.15) is 0 Å². The Morgan fingerprint density at radius 3 is 2.50 bits per heavy atom. The molecule has 1 aromatic carbocycles. The van der Waals surface area contributed by atoms with E-state index in [2.05, 4.69) is 0 Å². The molecule has 0 spiro atoms. The van der Waals surface area contributed by atoms with Crippen LogP contribution in [0.15, 0.2) is 34.7 Å². The molecular weight excluding hydrogens is 260 g/mol. The molecule has 2 rings (SSSR count). The van der Waals surface area contributed by atoms with Gasteiger partial charge < -0.3 is 19.0 Å². The minimum absolute atomic E-state index is 0.0643. The smallest absolute Gasteiger partial charge is 0.371 e. The molecule has 0 saturated carbocycles. The maximum absolute atomic E-state index is 10.8. The molecule has 0 atom stereocenters. The highest BCUT2D eigenvalue weighted by atomic mass is 16.5. The minimum Gasteiger partial charge on any atom is -0.497 e. The van der Waals surface area contributed by atoms with Crippen molar-refractivity contribution in [1.82, 2.24) is 0 Å². The van der Waals surface area contributed by atoms with Crippen LogP contribution in [0, 0.1) is 6.92 Å². The Morgan fingerprint density at radius 2 is 1.95 bits per heavy atom. The van der Waals surface area contributed by atoms with Crippen molar-refractivity contribution in [2.24, 2.45) is 0 Å². The first kappa shape index (κ1) is 14.1. The molecule has 1 N–H and O–H groups in total. The van der Waals surface area contributed by atoms with E-state index in [1.54, 1.807) is 14.0 Å². The van der Waals surface area contributed by atoms with Gasteiger partial charge in [-0.15, -0.1) is 0 Å². The summed E-state index contributed by atoms with van der Waals surface area (Å²) in [5.74, 6) is 0.225. The zero-order valence-corrected chi connectivity index (χ0v) is 11.4. The lowest BCUT2D eigenvalue weighted by atomic mass is 10.2. The van der Waals surface area contributed by atoms with Gasteiger partial charge in [-0.3, -0.25) is 0 Å². The fraction of sp³-hybridized carbons (Fsp3) is 0.267. The van der Waals surface area contributed by atoms with Crippen LogP contribution in [0.25, 0.3) is 0 Å². The van der Waals surface area contributed by atoms with Crippen molar-refractivity contribution in [2.75, 3.05) is 7.11 Å². The fourth-order valence-corrected chi connectivity index (χ4v) is 1.77. The second-order valence-corrected chi connectivity index (χ2v) is 4.34. The fourth-order valence-electron chi connectivity index (χ4n) is 1.77. The molecule has 1 aromatic heterocycles. The first-order valence-corrected chi connectivity index (χ1v) is 6.13. The number of aromatic carboxylic acids is 1. The summed E-state index contributed by atoms with van der Waals surface area (Å²) in [5.41, 5.74) is 1.77. The van der Waals surface area contributed by atoms with E-state index >= 15 is 0 Å². The van der Waals surface area contributed by atoms with Crippen LogP contribution in [0.4, 0.5) is 0 Å². The number of hydrogen-bond acceptors (Lipinski definition) is 4. The van der Waals surface area contributed by atoms with Crippen molar-refractivity contribution in [3.63, 3.8) is 0 Å². The predicted octanol–water partition coefficient (Wildman–Crippen LogP) is 3.01. The summed E-state index contributed by atoms with van der Waals surface area (Å²) >= 11 is 0. The van der Waals surface area contributed by atoms with Crippen LogP contribution in [0.5, 0.6) is 5.75 Å². The predicted molar refractivity (Wildman–Crippen MR) is 71.9 cm³/mol. The van der Waals surface area contributed by atoms with Gasteiger partial charge in [0.1, 0.15) is 11.5 Å². The minimum atomic E-state index is -1.07. The maximum atomic E-state index is 10.8. The molecule has 106 valence electrons. The van der Waals surface area contributed by atoms with Crippen LogP contribution in [-0.4, -0.2) is 18.2 Å². The molecule has 0 aliphatic carbocycles. The molecule has 5 nitrogen and oxygen atoms in total. The Balaban J connectivity index is 1.90. The van der Waals surface area contributed by atoms with Gasteiger partial charge in [0.05, 0.1) is 20.3 Å². The van der Waals surface area contributed by atoms with Crippen molar-refractivity contribution >= 4 is 5.97 Å². The maximum Gasteiger partial charge on any atom is 0.371 e. The molecule has 0 aliphatic rings. The number of rotatable bonds is 6. The lowest BCUT2D eigenvalue weighted by molar-refractivity contribution is 0.0661. The van der Waals surface area contributed by atoms with Crippen molar-refractivity contribution in [2.45, 2.75) is 20.1 Å². The van der Waals surface area contributed by atoms with Gasteiger partial charge in [-0.25, -0.2) is 4.79 Å². The molecule has 0 amide bonds. The summed E-state index contributed by atoms with van der Waals surface area (Å²) in [6.45, 7) is 2.48. The molecule has 2 aromatic rings. The normalized spacial score (nSPS) is 10.5. The molecular formula is C15H16O5. The number of carboxylic acids is 1. The van der Waals surface area contributed by atoms with Crippen molar-refractivity contribution in [3.05, 3.63) is 53.0 Å². The number of methoxy groups -OCH3 is 1. The van der Waals surface area contributed by atoms with E-state index in [1.807, 2.05) is 24.3 Å². The lowest BCUT2D eigenvalue weighted by Gasteiger charge is -2.05. The topological polar surface area (TPSA) is 68.9 Å². The number of aryl methyl sites for hydroxylation is 1. The number of furan rings is 1. The number of ether oxygens (including phenoxy) is 2. The van der Waals surface area contributed by atoms with E-state index < -0.39 is 5.97 Å². The van der Waals surface area contributed by atoms with E-state index in [0.717, 1.165) is 16.9 Å². The Morgan fingerprint density at radius 1 is 1.25 bits per heavy atom. The highest BCUT2D eigenvalue weighted by Gasteiger charge is 2.12. The van der Waals surface area contributed by atoms with Crippen LogP contribution >= 0.6 is 0 Å². The number of carbonyl (C=O) groups is 1. The van der Waals surface area contributed by atoms with Crippen LogP contribution in [0.2, 0.25) is 0 Å². The van der Waals surface area contributed by atoms with Gasteiger partial charge in [-0.1, -0.05) is 12.1 Å². The summed E-state index contributed by atoms with van der Waals surface area (Å²) in [6.07, 6.45) is 0. The summed E-state index contributed by atoms with van der Waals surface area (Å²) in [5, 5.41) is 8.83. The Labute approximate surface area is 116 Å². The third-order valence-corrected chi connectivity index (χ3v) is 2.92.